The van der Waals surface area contributed by atoms with E-state index in [1.54, 1.807) is 19.9 Å². The number of ether oxygens (including phenoxy) is 1. The molecule has 0 aromatic heterocycles. The van der Waals surface area contributed by atoms with Gasteiger partial charge in [-0.25, -0.2) is 8.78 Å². The Kier molecular flexibility index (Phi) is 3.65. The summed E-state index contributed by atoms with van der Waals surface area (Å²) >= 11 is 0. The summed E-state index contributed by atoms with van der Waals surface area (Å²) in [5.41, 5.74) is -4.62. The van der Waals surface area contributed by atoms with Crippen molar-refractivity contribution in [3.05, 3.63) is 23.6 Å². The maximum atomic E-state index is 15.3. The van der Waals surface area contributed by atoms with E-state index in [1.807, 2.05) is 6.92 Å². The molecule has 5 aliphatic rings. The molecule has 4 aliphatic carbocycles. The van der Waals surface area contributed by atoms with Gasteiger partial charge in [0.1, 0.15) is 24.0 Å². The van der Waals surface area contributed by atoms with Gasteiger partial charge in [-0.05, 0) is 50.0 Å². The number of hydrogen-bond donors (Lipinski definition) is 2. The first-order chi connectivity index (χ1) is 13.5. The monoisotopic (exact) mass is 408 g/mol. The second-order valence-electron chi connectivity index (χ2n) is 10.0. The number of Topliss-reactive ketones (excluding diaryl/α,β-unsaturated/α-hetero) is 1. The maximum absolute atomic E-state index is 15.3. The van der Waals surface area contributed by atoms with Crippen LogP contribution in [0.5, 0.6) is 0 Å². The molecule has 29 heavy (non-hydrogen) atoms. The molecular formula is C22H26F2O5. The highest BCUT2D eigenvalue weighted by molar-refractivity contribution is 6.04. The van der Waals surface area contributed by atoms with Crippen LogP contribution in [0.3, 0.4) is 0 Å². The van der Waals surface area contributed by atoms with Crippen molar-refractivity contribution in [1.82, 2.24) is 0 Å². The first-order valence-corrected chi connectivity index (χ1v) is 10.3. The van der Waals surface area contributed by atoms with E-state index in [2.05, 4.69) is 0 Å². The summed E-state index contributed by atoms with van der Waals surface area (Å²) in [7, 11) is 0. The van der Waals surface area contributed by atoms with E-state index in [0.717, 1.165) is 6.08 Å². The summed E-state index contributed by atoms with van der Waals surface area (Å²) < 4.78 is 36.2. The van der Waals surface area contributed by atoms with Gasteiger partial charge in [-0.15, -0.1) is 0 Å². The molecule has 1 heterocycles. The third-order valence-corrected chi connectivity index (χ3v) is 9.15. The molecule has 1 aliphatic heterocycles. The standard InChI is InChI=1S/C22H26F2O5/c1-10-6-11-12-7-13(23)17-18(24)14(26)4-5-19(17,2)22(12)16(29-22)8-20(11,3)21(10,28)15(27)9-25/h4-5,10-13,16,25,28H,6-9H2,1-3H3/t10-,11-,12-,13-,16?,19-,20-,21-,22-/m0/s1. The molecule has 0 radical (unpaired) electrons. The Bertz CT molecular complexity index is 898. The van der Waals surface area contributed by atoms with Gasteiger partial charge < -0.3 is 14.9 Å². The number of aliphatic hydroxyl groups is 2. The minimum absolute atomic E-state index is 0.00760. The maximum Gasteiger partial charge on any atom is 0.213 e. The van der Waals surface area contributed by atoms with Crippen LogP contribution >= 0.6 is 0 Å². The Morgan fingerprint density at radius 3 is 2.66 bits per heavy atom. The van der Waals surface area contributed by atoms with Gasteiger partial charge in [0.2, 0.25) is 5.78 Å². The van der Waals surface area contributed by atoms with E-state index in [0.29, 0.717) is 12.8 Å². The molecule has 1 spiro atoms. The molecule has 5 rings (SSSR count). The molecule has 5 nitrogen and oxygen atoms in total. The SMILES string of the molecule is C[C@H]1C[C@H]2[C@@H]3C[C@H](F)C4=C(F)C(=O)C=C[C@]4(C)[C@]34OC4C[C@]2(C)[C@@]1(O)C(=O)CO. The number of epoxide rings is 1. The Morgan fingerprint density at radius 2 is 2.00 bits per heavy atom. The number of fused-ring (bicyclic) bond motifs is 3. The second kappa shape index (κ2) is 5.42. The van der Waals surface area contributed by atoms with Crippen LogP contribution in [0.2, 0.25) is 0 Å². The largest absolute Gasteiger partial charge is 0.388 e. The van der Waals surface area contributed by atoms with E-state index < -0.39 is 58.1 Å². The summed E-state index contributed by atoms with van der Waals surface area (Å²) in [4.78, 5) is 24.5. The zero-order chi connectivity index (χ0) is 21.1. The highest BCUT2D eigenvalue weighted by Crippen LogP contribution is 2.76. The van der Waals surface area contributed by atoms with E-state index in [1.165, 1.54) is 0 Å². The third kappa shape index (κ3) is 1.87. The van der Waals surface area contributed by atoms with Gasteiger partial charge in [0.25, 0.3) is 0 Å². The van der Waals surface area contributed by atoms with Gasteiger partial charge in [-0.2, -0.15) is 0 Å². The van der Waals surface area contributed by atoms with Crippen molar-refractivity contribution < 1.29 is 33.3 Å². The van der Waals surface area contributed by atoms with Gasteiger partial charge >= 0.3 is 0 Å². The average molecular weight is 408 g/mol. The zero-order valence-corrected chi connectivity index (χ0v) is 16.7. The predicted molar refractivity (Wildman–Crippen MR) is 98.0 cm³/mol. The fourth-order valence-corrected chi connectivity index (χ4v) is 7.78. The Balaban J connectivity index is 1.64. The molecule has 0 aromatic rings. The van der Waals surface area contributed by atoms with Crippen molar-refractivity contribution in [3.8, 4) is 0 Å². The van der Waals surface area contributed by atoms with E-state index in [-0.39, 0.29) is 29.9 Å². The van der Waals surface area contributed by atoms with Crippen LogP contribution in [-0.4, -0.2) is 51.9 Å². The van der Waals surface area contributed by atoms with Crippen LogP contribution < -0.4 is 0 Å². The molecule has 1 unspecified atom stereocenters. The lowest BCUT2D eigenvalue weighted by molar-refractivity contribution is -0.166. The Morgan fingerprint density at radius 1 is 1.31 bits per heavy atom. The Hall–Kier alpha value is -1.44. The van der Waals surface area contributed by atoms with E-state index in [4.69, 9.17) is 4.74 Å². The highest BCUT2D eigenvalue weighted by Gasteiger charge is 2.83. The number of rotatable bonds is 2. The topological polar surface area (TPSA) is 87.1 Å². The van der Waals surface area contributed by atoms with Crippen LogP contribution in [0, 0.1) is 28.6 Å². The zero-order valence-electron chi connectivity index (χ0n) is 16.7. The van der Waals surface area contributed by atoms with Crippen LogP contribution in [0.25, 0.3) is 0 Å². The van der Waals surface area contributed by atoms with Crippen LogP contribution in [0.15, 0.2) is 23.6 Å². The number of allylic oxidation sites excluding steroid dienone is 2. The minimum Gasteiger partial charge on any atom is -0.388 e. The lowest BCUT2D eigenvalue weighted by Gasteiger charge is -2.56. The van der Waals surface area contributed by atoms with Crippen molar-refractivity contribution in [1.29, 1.82) is 0 Å². The van der Waals surface area contributed by atoms with Gasteiger partial charge in [0.15, 0.2) is 11.6 Å². The smallest absolute Gasteiger partial charge is 0.213 e. The first-order valence-electron chi connectivity index (χ1n) is 10.3. The highest BCUT2D eigenvalue weighted by atomic mass is 19.1. The molecule has 0 amide bonds. The van der Waals surface area contributed by atoms with Crippen molar-refractivity contribution in [2.24, 2.45) is 28.6 Å². The minimum atomic E-state index is -1.71. The molecule has 4 fully saturated rings. The molecule has 0 aromatic carbocycles. The first kappa shape index (κ1) is 19.5. The van der Waals surface area contributed by atoms with Gasteiger partial charge in [0.05, 0.1) is 6.10 Å². The van der Waals surface area contributed by atoms with Crippen LogP contribution in [-0.2, 0) is 14.3 Å². The normalized spacial score (nSPS) is 55.1. The summed E-state index contributed by atoms with van der Waals surface area (Å²) in [5, 5.41) is 21.0. The van der Waals surface area contributed by atoms with Crippen molar-refractivity contribution in [2.45, 2.75) is 63.5 Å². The quantitative estimate of drug-likeness (QED) is 0.684. The number of aliphatic hydroxyl groups excluding tert-OH is 1. The third-order valence-electron chi connectivity index (χ3n) is 9.15. The van der Waals surface area contributed by atoms with Crippen molar-refractivity contribution >= 4 is 11.6 Å². The molecule has 3 saturated carbocycles. The molecule has 158 valence electrons. The summed E-state index contributed by atoms with van der Waals surface area (Å²) in [5.74, 6) is -3.40. The number of carbonyl (C=O) groups is 2. The molecule has 9 atom stereocenters. The van der Waals surface area contributed by atoms with Crippen molar-refractivity contribution in [2.75, 3.05) is 6.61 Å². The Labute approximate surface area is 167 Å². The van der Waals surface area contributed by atoms with Crippen LogP contribution in [0.4, 0.5) is 8.78 Å². The summed E-state index contributed by atoms with van der Waals surface area (Å²) in [6.07, 6.45) is 1.59. The van der Waals surface area contributed by atoms with Gasteiger partial charge in [-0.3, -0.25) is 9.59 Å². The summed E-state index contributed by atoms with van der Waals surface area (Å²) in [6, 6.07) is 0. The van der Waals surface area contributed by atoms with Gasteiger partial charge in [0, 0.05) is 16.4 Å². The molecule has 0 bridgehead atoms. The van der Waals surface area contributed by atoms with Crippen LogP contribution in [0.1, 0.15) is 40.0 Å². The number of carbonyl (C=O) groups excluding carboxylic acids is 2. The molecular weight excluding hydrogens is 382 g/mol. The number of alkyl halides is 1. The van der Waals surface area contributed by atoms with E-state index in [9.17, 15) is 24.2 Å². The lowest BCUT2D eigenvalue weighted by Crippen LogP contribution is -2.63. The molecule has 2 N–H and O–H groups in total. The number of halogens is 2. The fraction of sp³-hybridized carbons (Fsp3) is 0.727. The van der Waals surface area contributed by atoms with E-state index >= 15 is 4.39 Å². The van der Waals surface area contributed by atoms with Gasteiger partial charge in [-0.1, -0.05) is 19.9 Å². The fourth-order valence-electron chi connectivity index (χ4n) is 7.78. The lowest BCUT2D eigenvalue weighted by atomic mass is 9.46. The molecule has 1 saturated heterocycles. The average Bonchev–Trinajstić information content (AvgIpc) is 3.35. The second-order valence-corrected chi connectivity index (χ2v) is 10.0. The van der Waals surface area contributed by atoms with Crippen molar-refractivity contribution in [3.63, 3.8) is 0 Å². The predicted octanol–water partition coefficient (Wildman–Crippen LogP) is 2.21. The number of ketones is 2. The summed E-state index contributed by atoms with van der Waals surface area (Å²) in [6.45, 7) is 4.60. The number of hydrogen-bond acceptors (Lipinski definition) is 5. The molecule has 7 heteroatoms.